The normalized spacial score (nSPS) is 9.80. The molecular formula is C6H8N2O2. The van der Waals surface area contributed by atoms with Gasteiger partial charge in [-0.1, -0.05) is 5.16 Å². The van der Waals surface area contributed by atoms with Crippen LogP contribution in [0.1, 0.15) is 18.6 Å². The lowest BCUT2D eigenvalue weighted by molar-refractivity contribution is -0.116. The lowest BCUT2D eigenvalue weighted by Gasteiger charge is -1.82. The van der Waals surface area contributed by atoms with Gasteiger partial charge in [-0.15, -0.1) is 0 Å². The molecule has 0 aliphatic heterocycles. The Morgan fingerprint density at radius 1 is 1.70 bits per heavy atom. The Bertz CT molecular complexity index is 242. The Morgan fingerprint density at radius 2 is 2.40 bits per heavy atom. The number of carbonyl (C=O) groups excluding carboxylic acids is 1. The topological polar surface area (TPSA) is 56.0 Å². The maximum atomic E-state index is 10.5. The quantitative estimate of drug-likeness (QED) is 0.600. The molecule has 0 N–H and O–H groups in total. The number of hydrogen-bond acceptors (Lipinski definition) is 4. The van der Waals surface area contributed by atoms with Crippen molar-refractivity contribution in [3.05, 3.63) is 11.7 Å². The zero-order chi connectivity index (χ0) is 7.56. The summed E-state index contributed by atoms with van der Waals surface area (Å²) in [5.74, 6) is 0.991. The van der Waals surface area contributed by atoms with Gasteiger partial charge in [0.2, 0.25) is 5.89 Å². The van der Waals surface area contributed by atoms with Gasteiger partial charge in [0.1, 0.15) is 5.78 Å². The first-order chi connectivity index (χ1) is 4.68. The van der Waals surface area contributed by atoms with Crippen LogP contribution in [0.2, 0.25) is 0 Å². The SMILES string of the molecule is CC(=O)Cc1nc(C)no1. The summed E-state index contributed by atoms with van der Waals surface area (Å²) in [5, 5.41) is 3.53. The molecule has 0 unspecified atom stereocenters. The van der Waals surface area contributed by atoms with Crippen LogP contribution in [0.5, 0.6) is 0 Å². The molecule has 0 saturated heterocycles. The third-order valence-electron chi connectivity index (χ3n) is 0.970. The third kappa shape index (κ3) is 1.65. The Morgan fingerprint density at radius 3 is 2.80 bits per heavy atom. The van der Waals surface area contributed by atoms with E-state index in [4.69, 9.17) is 4.52 Å². The minimum absolute atomic E-state index is 0.0312. The molecule has 0 bridgehead atoms. The van der Waals surface area contributed by atoms with Crippen molar-refractivity contribution in [2.24, 2.45) is 0 Å². The van der Waals surface area contributed by atoms with Crippen LogP contribution in [0.15, 0.2) is 4.52 Å². The third-order valence-corrected chi connectivity index (χ3v) is 0.970. The molecule has 0 saturated carbocycles. The molecule has 1 aromatic rings. The van der Waals surface area contributed by atoms with Gasteiger partial charge in [0.25, 0.3) is 0 Å². The molecule has 54 valence electrons. The summed E-state index contributed by atoms with van der Waals surface area (Å²) in [5.41, 5.74) is 0. The monoisotopic (exact) mass is 140 g/mol. The standard InChI is InChI=1S/C6H8N2O2/c1-4(9)3-6-7-5(2)8-10-6/h3H2,1-2H3. The van der Waals surface area contributed by atoms with Crippen LogP contribution in [0.4, 0.5) is 0 Å². The van der Waals surface area contributed by atoms with Gasteiger partial charge < -0.3 is 4.52 Å². The average molecular weight is 140 g/mol. The van der Waals surface area contributed by atoms with Crippen LogP contribution in [0.3, 0.4) is 0 Å². The van der Waals surface area contributed by atoms with Gasteiger partial charge in [0, 0.05) is 0 Å². The second-order valence-electron chi connectivity index (χ2n) is 2.11. The van der Waals surface area contributed by atoms with Crippen molar-refractivity contribution in [2.75, 3.05) is 0 Å². The molecule has 1 aromatic heterocycles. The molecule has 0 fully saturated rings. The Hall–Kier alpha value is -1.19. The molecule has 0 atom stereocenters. The zero-order valence-corrected chi connectivity index (χ0v) is 5.92. The Labute approximate surface area is 58.2 Å². The zero-order valence-electron chi connectivity index (χ0n) is 5.92. The minimum atomic E-state index is 0.0312. The first-order valence-electron chi connectivity index (χ1n) is 2.97. The maximum Gasteiger partial charge on any atom is 0.234 e. The van der Waals surface area contributed by atoms with Crippen LogP contribution >= 0.6 is 0 Å². The van der Waals surface area contributed by atoms with E-state index >= 15 is 0 Å². The van der Waals surface area contributed by atoms with Crippen molar-refractivity contribution < 1.29 is 9.32 Å². The van der Waals surface area contributed by atoms with Gasteiger partial charge in [0.15, 0.2) is 5.82 Å². The smallest absolute Gasteiger partial charge is 0.234 e. The van der Waals surface area contributed by atoms with E-state index in [-0.39, 0.29) is 12.2 Å². The Balaban J connectivity index is 2.67. The first-order valence-corrected chi connectivity index (χ1v) is 2.97. The highest BCUT2D eigenvalue weighted by atomic mass is 16.5. The highest BCUT2D eigenvalue weighted by molar-refractivity contribution is 5.77. The van der Waals surface area contributed by atoms with Gasteiger partial charge in [-0.3, -0.25) is 4.79 Å². The summed E-state index contributed by atoms with van der Waals surface area (Å²) in [6, 6.07) is 0. The van der Waals surface area contributed by atoms with Crippen molar-refractivity contribution in [3.63, 3.8) is 0 Å². The lowest BCUT2D eigenvalue weighted by atomic mass is 10.3. The lowest BCUT2D eigenvalue weighted by Crippen LogP contribution is -1.95. The van der Waals surface area contributed by atoms with E-state index in [1.165, 1.54) is 6.92 Å². The predicted octanol–water partition coefficient (Wildman–Crippen LogP) is 0.510. The number of carbonyl (C=O) groups is 1. The van der Waals surface area contributed by atoms with E-state index < -0.39 is 0 Å². The van der Waals surface area contributed by atoms with Gasteiger partial charge in [-0.2, -0.15) is 4.98 Å². The molecule has 0 aromatic carbocycles. The molecule has 0 aliphatic rings. The van der Waals surface area contributed by atoms with E-state index in [0.29, 0.717) is 11.7 Å². The molecule has 0 aliphatic carbocycles. The fourth-order valence-electron chi connectivity index (χ4n) is 0.625. The number of Topliss-reactive ketones (excluding diaryl/α,β-unsaturated/α-hetero) is 1. The fourth-order valence-corrected chi connectivity index (χ4v) is 0.625. The van der Waals surface area contributed by atoms with Crippen molar-refractivity contribution >= 4 is 5.78 Å². The van der Waals surface area contributed by atoms with Crippen molar-refractivity contribution in [1.29, 1.82) is 0 Å². The number of aryl methyl sites for hydroxylation is 1. The first kappa shape index (κ1) is 6.92. The molecule has 0 amide bonds. The van der Waals surface area contributed by atoms with Crippen LogP contribution in [0.25, 0.3) is 0 Å². The van der Waals surface area contributed by atoms with E-state index in [2.05, 4.69) is 10.1 Å². The van der Waals surface area contributed by atoms with E-state index in [9.17, 15) is 4.79 Å². The van der Waals surface area contributed by atoms with Crippen molar-refractivity contribution in [3.8, 4) is 0 Å². The molecule has 10 heavy (non-hydrogen) atoms. The number of ketones is 1. The number of hydrogen-bond donors (Lipinski definition) is 0. The fraction of sp³-hybridized carbons (Fsp3) is 0.500. The predicted molar refractivity (Wildman–Crippen MR) is 33.4 cm³/mol. The van der Waals surface area contributed by atoms with Gasteiger partial charge >= 0.3 is 0 Å². The second-order valence-corrected chi connectivity index (χ2v) is 2.11. The largest absolute Gasteiger partial charge is 0.339 e. The summed E-state index contributed by atoms with van der Waals surface area (Å²) >= 11 is 0. The van der Waals surface area contributed by atoms with E-state index in [1.54, 1.807) is 6.92 Å². The summed E-state index contributed by atoms with van der Waals surface area (Å²) in [6.07, 6.45) is 0.237. The van der Waals surface area contributed by atoms with Crippen LogP contribution in [0, 0.1) is 6.92 Å². The molecule has 1 rings (SSSR count). The molecule has 4 nitrogen and oxygen atoms in total. The highest BCUT2D eigenvalue weighted by Crippen LogP contribution is 1.96. The van der Waals surface area contributed by atoms with E-state index in [1.807, 2.05) is 0 Å². The van der Waals surface area contributed by atoms with Crippen LogP contribution in [-0.2, 0) is 11.2 Å². The number of nitrogens with zero attached hydrogens (tertiary/aromatic N) is 2. The summed E-state index contributed by atoms with van der Waals surface area (Å²) in [6.45, 7) is 3.20. The molecular weight excluding hydrogens is 132 g/mol. The van der Waals surface area contributed by atoms with Gasteiger partial charge in [0.05, 0.1) is 6.42 Å². The molecule has 4 heteroatoms. The Kier molecular flexibility index (Phi) is 1.80. The summed E-state index contributed by atoms with van der Waals surface area (Å²) in [7, 11) is 0. The molecule has 0 radical (unpaired) electrons. The van der Waals surface area contributed by atoms with Gasteiger partial charge in [-0.25, -0.2) is 0 Å². The van der Waals surface area contributed by atoms with Crippen molar-refractivity contribution in [1.82, 2.24) is 10.1 Å². The van der Waals surface area contributed by atoms with Crippen LogP contribution < -0.4 is 0 Å². The van der Waals surface area contributed by atoms with E-state index in [0.717, 1.165) is 0 Å². The maximum absolute atomic E-state index is 10.5. The minimum Gasteiger partial charge on any atom is -0.339 e. The summed E-state index contributed by atoms with van der Waals surface area (Å²) < 4.78 is 4.69. The summed E-state index contributed by atoms with van der Waals surface area (Å²) in [4.78, 5) is 14.3. The van der Waals surface area contributed by atoms with Crippen molar-refractivity contribution in [2.45, 2.75) is 20.3 Å². The second kappa shape index (κ2) is 2.60. The number of aromatic nitrogens is 2. The highest BCUT2D eigenvalue weighted by Gasteiger charge is 2.03. The van der Waals surface area contributed by atoms with Gasteiger partial charge in [-0.05, 0) is 13.8 Å². The molecule has 0 spiro atoms. The van der Waals surface area contributed by atoms with Crippen LogP contribution in [-0.4, -0.2) is 15.9 Å². The average Bonchev–Trinajstić information content (AvgIpc) is 2.13. The number of rotatable bonds is 2. The molecule has 1 heterocycles.